The Kier molecular flexibility index (Phi) is 4.78. The molecule has 1 unspecified atom stereocenters. The number of rotatable bonds is 5. The van der Waals surface area contributed by atoms with Gasteiger partial charge in [0, 0.05) is 11.8 Å². The maximum atomic E-state index is 13.6. The Morgan fingerprint density at radius 1 is 0.516 bits per heavy atom. The van der Waals surface area contributed by atoms with E-state index in [1.807, 2.05) is 41.5 Å². The third-order valence-corrected chi connectivity index (χ3v) is 16.5. The number of ether oxygens (including phenoxy) is 2. The molecule has 0 bridgehead atoms. The lowest BCUT2D eigenvalue weighted by atomic mass is 9.66. The SMILES string of the molecule is CC(C)(C)OC(=O)N[C@@H](Cc1ccc(C23Cc4cc5cc6c7c8c(cc9cc%10c%11c%12c(cc(c%13c%14c2c4c2c5c7c4c2c%14c(c%13%12)c2c%11c9c8c24)C3)C%10)C6)cc1)C(=O)OC(C)(C)C. The second kappa shape index (κ2) is 9.17. The van der Waals surface area contributed by atoms with Gasteiger partial charge in [-0.25, -0.2) is 9.59 Å². The van der Waals surface area contributed by atoms with Crippen molar-refractivity contribution in [1.29, 1.82) is 0 Å². The Balaban J connectivity index is 0.952. The van der Waals surface area contributed by atoms with E-state index in [1.165, 1.54) is 92.8 Å². The first-order valence-corrected chi connectivity index (χ1v) is 22.6. The van der Waals surface area contributed by atoms with Crippen molar-refractivity contribution in [1.82, 2.24) is 5.32 Å². The van der Waals surface area contributed by atoms with Crippen LogP contribution in [0.4, 0.5) is 4.79 Å². The largest absolute Gasteiger partial charge is 0.458 e. The Bertz CT molecular complexity index is 4250. The third-order valence-electron chi connectivity index (χ3n) is 16.5. The van der Waals surface area contributed by atoms with Crippen LogP contribution >= 0.6 is 0 Å². The molecule has 13 aromatic rings. The van der Waals surface area contributed by atoms with Crippen LogP contribution < -0.4 is 5.32 Å². The Morgan fingerprint density at radius 3 is 1.47 bits per heavy atom. The number of hydrogen-bond acceptors (Lipinski definition) is 4. The van der Waals surface area contributed by atoms with E-state index in [0.29, 0.717) is 6.42 Å². The van der Waals surface area contributed by atoms with Crippen molar-refractivity contribution in [2.24, 2.45) is 0 Å². The van der Waals surface area contributed by atoms with Crippen LogP contribution in [0.5, 0.6) is 0 Å². The third kappa shape index (κ3) is 3.18. The van der Waals surface area contributed by atoms with Gasteiger partial charge in [0.05, 0.1) is 0 Å². The van der Waals surface area contributed by atoms with E-state index in [2.05, 4.69) is 59.9 Å². The van der Waals surface area contributed by atoms with Crippen molar-refractivity contribution in [2.75, 3.05) is 0 Å². The van der Waals surface area contributed by atoms with Crippen molar-refractivity contribution in [3.05, 3.63) is 105 Å². The molecule has 0 saturated heterocycles. The molecular weight excluding hydrogens is 763 g/mol. The first-order valence-electron chi connectivity index (χ1n) is 22.6. The summed E-state index contributed by atoms with van der Waals surface area (Å²) in [5.41, 5.74) is 11.2. The zero-order valence-electron chi connectivity index (χ0n) is 35.4. The predicted octanol–water partition coefficient (Wildman–Crippen LogP) is 12.9. The highest BCUT2D eigenvalue weighted by Crippen LogP contribution is 2.69. The van der Waals surface area contributed by atoms with Gasteiger partial charge in [0.15, 0.2) is 0 Å². The van der Waals surface area contributed by atoms with Crippen molar-refractivity contribution in [2.45, 2.75) is 96.3 Å². The molecule has 0 radical (unpaired) electrons. The normalized spacial score (nSPS) is 18.7. The molecule has 0 aromatic heterocycles. The number of carbonyl (C=O) groups is 2. The van der Waals surface area contributed by atoms with E-state index in [1.54, 1.807) is 70.2 Å². The van der Waals surface area contributed by atoms with Crippen molar-refractivity contribution in [3.63, 3.8) is 0 Å². The molecule has 5 heteroatoms. The molecule has 0 fully saturated rings. The molecule has 1 N–H and O–H groups in total. The molecule has 296 valence electrons. The van der Waals surface area contributed by atoms with Crippen LogP contribution in [0.25, 0.3) is 118 Å². The molecular formula is C57H39NO4. The fourth-order valence-corrected chi connectivity index (χ4v) is 15.1. The zero-order chi connectivity index (χ0) is 41.2. The monoisotopic (exact) mass is 801 g/mol. The maximum absolute atomic E-state index is 13.6. The summed E-state index contributed by atoms with van der Waals surface area (Å²) >= 11 is 0. The minimum absolute atomic E-state index is 0.248. The molecule has 1 amide bonds. The summed E-state index contributed by atoms with van der Waals surface area (Å²) in [5.74, 6) is -0.470. The zero-order valence-corrected chi connectivity index (χ0v) is 35.4. The average molecular weight is 802 g/mol. The molecule has 62 heavy (non-hydrogen) atoms. The summed E-state index contributed by atoms with van der Waals surface area (Å²) in [5, 5.41) is 36.5. The number of alkyl carbamates (subject to hydrolysis) is 1. The lowest BCUT2D eigenvalue weighted by Crippen LogP contribution is -2.47. The number of benzene rings is 10. The summed E-state index contributed by atoms with van der Waals surface area (Å²) in [6, 6.07) is 21.1. The first-order chi connectivity index (χ1) is 29.8. The molecule has 13 aromatic carbocycles. The lowest BCUT2D eigenvalue weighted by Gasteiger charge is -2.36. The standard InChI is InChI=1S/C57H39NO4/c1-55(2,3)61-53(59)31(58-54(60)62-56(4,5)6)11-21-7-9-30(10-8-21)57-19-28-17-26-15-24-14-25-13-22-12-23-16-27-18-29(20-57)39-44-37(27)42-33(23)32(22)40-36(25)41-34(24)35(26)43-38(28)51(52(39)57)50-48(43)46(41)45(40)47(42)49(44)50/h7-10,13-14,16-18,31H,11-12,15,19-20H2,1-6H3,(H,58,60)/t31-,57?/m0/s1. The molecule has 2 atom stereocenters. The topological polar surface area (TPSA) is 64.6 Å². The first kappa shape index (κ1) is 32.3. The molecule has 0 spiro atoms. The lowest BCUT2D eigenvalue weighted by molar-refractivity contribution is -0.157. The van der Waals surface area contributed by atoms with Gasteiger partial charge in [0.2, 0.25) is 0 Å². The van der Waals surface area contributed by atoms with Gasteiger partial charge in [0.25, 0.3) is 0 Å². The number of hydrogen-bond donors (Lipinski definition) is 1. The van der Waals surface area contributed by atoms with Crippen molar-refractivity contribution >= 4 is 131 Å². The number of carbonyl (C=O) groups excluding carboxylic acids is 2. The average Bonchev–Trinajstić information content (AvgIpc) is 4.03. The van der Waals surface area contributed by atoms with E-state index in [0.717, 1.165) is 31.2 Å². The molecule has 0 aliphatic heterocycles. The Labute approximate surface area is 354 Å². The fraction of sp³-hybridized carbons (Fsp3) is 0.263. The van der Waals surface area contributed by atoms with Crippen LogP contribution in [0.15, 0.2) is 54.6 Å². The molecule has 5 nitrogen and oxygen atoms in total. The van der Waals surface area contributed by atoms with Gasteiger partial charge in [-0.15, -0.1) is 0 Å². The summed E-state index contributed by atoms with van der Waals surface area (Å²) in [6.45, 7) is 11.0. The minimum Gasteiger partial charge on any atom is -0.458 e. The van der Waals surface area contributed by atoms with Crippen LogP contribution in [-0.2, 0) is 51.8 Å². The van der Waals surface area contributed by atoms with Crippen LogP contribution in [0.3, 0.4) is 0 Å². The Hall–Kier alpha value is -6.46. The van der Waals surface area contributed by atoms with E-state index in [-0.39, 0.29) is 5.41 Å². The van der Waals surface area contributed by atoms with Gasteiger partial charge < -0.3 is 14.8 Å². The summed E-state index contributed by atoms with van der Waals surface area (Å²) in [7, 11) is 0. The number of esters is 1. The van der Waals surface area contributed by atoms with E-state index < -0.39 is 29.3 Å². The number of amides is 1. The molecule has 0 heterocycles. The smallest absolute Gasteiger partial charge is 0.408 e. The Morgan fingerprint density at radius 2 is 0.935 bits per heavy atom. The summed E-state index contributed by atoms with van der Waals surface area (Å²) in [4.78, 5) is 26.7. The number of nitrogens with one attached hydrogen (secondary N) is 1. The molecule has 4 aliphatic rings. The van der Waals surface area contributed by atoms with Gasteiger partial charge in [0.1, 0.15) is 17.2 Å². The van der Waals surface area contributed by atoms with Crippen LogP contribution in [0, 0.1) is 0 Å². The summed E-state index contributed by atoms with van der Waals surface area (Å²) in [6.07, 6.45) is 3.58. The van der Waals surface area contributed by atoms with Gasteiger partial charge in [-0.3, -0.25) is 0 Å². The highest BCUT2D eigenvalue weighted by molar-refractivity contribution is 6.65. The minimum atomic E-state index is -0.897. The predicted molar refractivity (Wildman–Crippen MR) is 251 cm³/mol. The second-order valence-electron chi connectivity index (χ2n) is 22.1. The molecule has 4 aliphatic carbocycles. The van der Waals surface area contributed by atoms with Crippen LogP contribution in [0.2, 0.25) is 0 Å². The van der Waals surface area contributed by atoms with E-state index >= 15 is 0 Å². The van der Waals surface area contributed by atoms with Gasteiger partial charge in [-0.2, -0.15) is 0 Å². The van der Waals surface area contributed by atoms with Crippen molar-refractivity contribution < 1.29 is 19.1 Å². The van der Waals surface area contributed by atoms with E-state index in [4.69, 9.17) is 9.47 Å². The quantitative estimate of drug-likeness (QED) is 0.139. The summed E-state index contributed by atoms with van der Waals surface area (Å²) < 4.78 is 11.4. The molecule has 0 saturated carbocycles. The second-order valence-corrected chi connectivity index (χ2v) is 22.1. The van der Waals surface area contributed by atoms with Crippen LogP contribution in [-0.4, -0.2) is 29.3 Å². The fourth-order valence-electron chi connectivity index (χ4n) is 15.1. The van der Waals surface area contributed by atoms with Crippen LogP contribution in [0.1, 0.15) is 91.6 Å². The highest BCUT2D eigenvalue weighted by atomic mass is 16.6. The van der Waals surface area contributed by atoms with Crippen molar-refractivity contribution in [3.8, 4) is 0 Å². The highest BCUT2D eigenvalue weighted by Gasteiger charge is 2.50. The molecule has 17 rings (SSSR count). The van der Waals surface area contributed by atoms with Gasteiger partial charge >= 0.3 is 12.1 Å². The van der Waals surface area contributed by atoms with Gasteiger partial charge in [-0.05, 0) is 236 Å². The van der Waals surface area contributed by atoms with Gasteiger partial charge in [-0.1, -0.05) is 54.6 Å². The van der Waals surface area contributed by atoms with E-state index in [9.17, 15) is 9.59 Å². The maximum Gasteiger partial charge on any atom is 0.408 e.